The van der Waals surface area contributed by atoms with Gasteiger partial charge in [0.05, 0.1) is 18.4 Å². The zero-order valence-corrected chi connectivity index (χ0v) is 13.4. The molecule has 1 aliphatic carbocycles. The van der Waals surface area contributed by atoms with Gasteiger partial charge in [0.15, 0.2) is 5.13 Å². The molecule has 2 unspecified atom stereocenters. The minimum Gasteiger partial charge on any atom is -0.465 e. The highest BCUT2D eigenvalue weighted by Gasteiger charge is 2.34. The van der Waals surface area contributed by atoms with Crippen LogP contribution in [-0.2, 0) is 20.7 Å². The Morgan fingerprint density at radius 2 is 2.43 bits per heavy atom. The van der Waals surface area contributed by atoms with Crippen LogP contribution in [0.5, 0.6) is 0 Å². The number of thiazole rings is 1. The van der Waals surface area contributed by atoms with Gasteiger partial charge in [-0.3, -0.25) is 4.79 Å². The fourth-order valence-corrected chi connectivity index (χ4v) is 4.16. The van der Waals surface area contributed by atoms with E-state index in [9.17, 15) is 4.79 Å². The van der Waals surface area contributed by atoms with Crippen LogP contribution in [0.4, 0.5) is 5.13 Å². The monoisotopic (exact) mass is 310 g/mol. The van der Waals surface area contributed by atoms with Gasteiger partial charge in [0, 0.05) is 24.6 Å². The lowest BCUT2D eigenvalue weighted by Crippen LogP contribution is -2.30. The van der Waals surface area contributed by atoms with Crippen molar-refractivity contribution in [2.24, 2.45) is 0 Å². The molecule has 0 aromatic carbocycles. The molecule has 1 fully saturated rings. The molecule has 0 bridgehead atoms. The maximum Gasteiger partial charge on any atom is 0.315 e. The number of aromatic nitrogens is 1. The lowest BCUT2D eigenvalue weighted by Gasteiger charge is -2.21. The molecule has 1 saturated heterocycles. The van der Waals surface area contributed by atoms with Crippen molar-refractivity contribution in [3.05, 3.63) is 10.6 Å². The standard InChI is InChI=1S/C15H22N2O3S/c1-3-19-14(18)11-5-6-12-13(11)16-15(21-12)17-7-4-8-20-10(2)9-17/h10-11H,3-9H2,1-2H3. The first kappa shape index (κ1) is 14.8. The Balaban J connectivity index is 1.78. The summed E-state index contributed by atoms with van der Waals surface area (Å²) in [6, 6.07) is 0. The van der Waals surface area contributed by atoms with Gasteiger partial charge >= 0.3 is 5.97 Å². The third kappa shape index (κ3) is 3.06. The minimum atomic E-state index is -0.161. The van der Waals surface area contributed by atoms with Gasteiger partial charge in [-0.15, -0.1) is 11.3 Å². The number of rotatable bonds is 3. The quantitative estimate of drug-likeness (QED) is 0.802. The number of hydrogen-bond donors (Lipinski definition) is 0. The predicted molar refractivity (Wildman–Crippen MR) is 82.1 cm³/mol. The van der Waals surface area contributed by atoms with Crippen molar-refractivity contribution in [1.82, 2.24) is 4.98 Å². The summed E-state index contributed by atoms with van der Waals surface area (Å²) in [5, 5.41) is 1.03. The van der Waals surface area contributed by atoms with Crippen LogP contribution in [0.1, 0.15) is 43.2 Å². The molecule has 0 N–H and O–H groups in total. The van der Waals surface area contributed by atoms with E-state index in [0.717, 1.165) is 49.8 Å². The van der Waals surface area contributed by atoms with Gasteiger partial charge in [-0.1, -0.05) is 0 Å². The second-order valence-electron chi connectivity index (χ2n) is 5.63. The van der Waals surface area contributed by atoms with Crippen LogP contribution in [0, 0.1) is 0 Å². The Morgan fingerprint density at radius 3 is 3.24 bits per heavy atom. The van der Waals surface area contributed by atoms with Crippen molar-refractivity contribution in [2.75, 3.05) is 31.2 Å². The molecule has 6 heteroatoms. The molecule has 0 spiro atoms. The first-order chi connectivity index (χ1) is 10.2. The van der Waals surface area contributed by atoms with Gasteiger partial charge in [0.2, 0.25) is 0 Å². The Labute approximate surface area is 129 Å². The van der Waals surface area contributed by atoms with Crippen LogP contribution in [0.25, 0.3) is 0 Å². The highest BCUT2D eigenvalue weighted by atomic mass is 32.1. The topological polar surface area (TPSA) is 51.7 Å². The highest BCUT2D eigenvalue weighted by molar-refractivity contribution is 7.15. The molecule has 5 nitrogen and oxygen atoms in total. The average molecular weight is 310 g/mol. The third-order valence-electron chi connectivity index (χ3n) is 4.00. The number of carbonyl (C=O) groups is 1. The molecule has 0 radical (unpaired) electrons. The Morgan fingerprint density at radius 1 is 1.57 bits per heavy atom. The number of nitrogens with zero attached hydrogens (tertiary/aromatic N) is 2. The molecule has 2 aliphatic rings. The number of esters is 1. The minimum absolute atomic E-state index is 0.124. The highest BCUT2D eigenvalue weighted by Crippen LogP contribution is 2.40. The lowest BCUT2D eigenvalue weighted by molar-refractivity contribution is -0.145. The molecule has 3 rings (SSSR count). The SMILES string of the molecule is CCOC(=O)C1CCc2sc(N3CCCOC(C)C3)nc21. The van der Waals surface area contributed by atoms with E-state index in [0.29, 0.717) is 6.61 Å². The van der Waals surface area contributed by atoms with E-state index in [1.807, 2.05) is 6.92 Å². The maximum atomic E-state index is 12.0. The van der Waals surface area contributed by atoms with Crippen LogP contribution in [-0.4, -0.2) is 43.4 Å². The van der Waals surface area contributed by atoms with E-state index in [1.165, 1.54) is 4.88 Å². The van der Waals surface area contributed by atoms with E-state index in [4.69, 9.17) is 14.5 Å². The van der Waals surface area contributed by atoms with Crippen molar-refractivity contribution < 1.29 is 14.3 Å². The molecule has 2 heterocycles. The molecule has 1 aromatic heterocycles. The summed E-state index contributed by atoms with van der Waals surface area (Å²) in [5.74, 6) is -0.286. The first-order valence-electron chi connectivity index (χ1n) is 7.71. The van der Waals surface area contributed by atoms with Crippen LogP contribution >= 0.6 is 11.3 Å². The van der Waals surface area contributed by atoms with Crippen molar-refractivity contribution in [3.8, 4) is 0 Å². The van der Waals surface area contributed by atoms with Crippen LogP contribution in [0.2, 0.25) is 0 Å². The predicted octanol–water partition coefficient (Wildman–Crippen LogP) is 2.35. The van der Waals surface area contributed by atoms with Crippen LogP contribution in [0.3, 0.4) is 0 Å². The molecular formula is C15H22N2O3S. The molecule has 21 heavy (non-hydrogen) atoms. The number of aryl methyl sites for hydroxylation is 1. The number of anilines is 1. The van der Waals surface area contributed by atoms with Gasteiger partial charge in [0.25, 0.3) is 0 Å². The Hall–Kier alpha value is -1.14. The summed E-state index contributed by atoms with van der Waals surface area (Å²) in [4.78, 5) is 20.3. The van der Waals surface area contributed by atoms with Gasteiger partial charge in [-0.05, 0) is 33.1 Å². The summed E-state index contributed by atoms with van der Waals surface area (Å²) in [6.07, 6.45) is 3.03. The molecule has 1 aliphatic heterocycles. The number of carbonyl (C=O) groups excluding carboxylic acids is 1. The van der Waals surface area contributed by atoms with Crippen molar-refractivity contribution in [2.45, 2.75) is 45.1 Å². The fraction of sp³-hybridized carbons (Fsp3) is 0.733. The van der Waals surface area contributed by atoms with Crippen molar-refractivity contribution >= 4 is 22.4 Å². The second-order valence-corrected chi connectivity index (χ2v) is 6.69. The zero-order chi connectivity index (χ0) is 14.8. The van der Waals surface area contributed by atoms with Gasteiger partial charge in [0.1, 0.15) is 5.92 Å². The number of fused-ring (bicyclic) bond motifs is 1. The molecule has 0 saturated carbocycles. The molecule has 116 valence electrons. The van der Waals surface area contributed by atoms with Gasteiger partial charge in [-0.2, -0.15) is 0 Å². The number of ether oxygens (including phenoxy) is 2. The second kappa shape index (κ2) is 6.32. The van der Waals surface area contributed by atoms with Crippen molar-refractivity contribution in [3.63, 3.8) is 0 Å². The van der Waals surface area contributed by atoms with Crippen LogP contribution in [0.15, 0.2) is 0 Å². The fourth-order valence-electron chi connectivity index (χ4n) is 2.99. The van der Waals surface area contributed by atoms with Crippen LogP contribution < -0.4 is 4.90 Å². The van der Waals surface area contributed by atoms with E-state index >= 15 is 0 Å². The largest absolute Gasteiger partial charge is 0.465 e. The Kier molecular flexibility index (Phi) is 4.45. The molecule has 2 atom stereocenters. The smallest absolute Gasteiger partial charge is 0.315 e. The van der Waals surface area contributed by atoms with E-state index in [1.54, 1.807) is 11.3 Å². The van der Waals surface area contributed by atoms with Crippen molar-refractivity contribution in [1.29, 1.82) is 0 Å². The average Bonchev–Trinajstić information content (AvgIpc) is 2.95. The lowest BCUT2D eigenvalue weighted by atomic mass is 10.1. The maximum absolute atomic E-state index is 12.0. The molecular weight excluding hydrogens is 288 g/mol. The molecule has 1 aromatic rings. The summed E-state index contributed by atoms with van der Waals surface area (Å²) in [7, 11) is 0. The summed E-state index contributed by atoms with van der Waals surface area (Å²) >= 11 is 1.73. The van der Waals surface area contributed by atoms with E-state index in [-0.39, 0.29) is 18.0 Å². The van der Waals surface area contributed by atoms with E-state index in [2.05, 4.69) is 11.8 Å². The van der Waals surface area contributed by atoms with E-state index < -0.39 is 0 Å². The van der Waals surface area contributed by atoms with Gasteiger partial charge < -0.3 is 14.4 Å². The zero-order valence-electron chi connectivity index (χ0n) is 12.6. The number of hydrogen-bond acceptors (Lipinski definition) is 6. The van der Waals surface area contributed by atoms with Gasteiger partial charge in [-0.25, -0.2) is 4.98 Å². The summed E-state index contributed by atoms with van der Waals surface area (Å²) in [5.41, 5.74) is 0.950. The molecule has 0 amide bonds. The normalized spacial score (nSPS) is 25.5. The first-order valence-corrected chi connectivity index (χ1v) is 8.53. The third-order valence-corrected chi connectivity index (χ3v) is 5.19. The summed E-state index contributed by atoms with van der Waals surface area (Å²) < 4.78 is 10.9. The Bertz CT molecular complexity index is 517. The summed E-state index contributed by atoms with van der Waals surface area (Å²) in [6.45, 7) is 7.04.